The Morgan fingerprint density at radius 3 is 2.65 bits per heavy atom. The Hall–Kier alpha value is -3.14. The zero-order valence-electron chi connectivity index (χ0n) is 11.3. The van der Waals surface area contributed by atoms with Gasteiger partial charge in [0, 0.05) is 10.9 Å². The average molecular weight is 336 g/mol. The Morgan fingerprint density at radius 2 is 2.13 bits per heavy atom. The van der Waals surface area contributed by atoms with E-state index in [1.807, 2.05) is 0 Å². The van der Waals surface area contributed by atoms with E-state index < -0.39 is 23.6 Å². The van der Waals surface area contributed by atoms with Crippen LogP contribution in [-0.2, 0) is 14.4 Å². The number of carboxylic acids is 1. The molecule has 1 radical (unpaired) electrons. The monoisotopic (exact) mass is 336 g/mol. The van der Waals surface area contributed by atoms with E-state index in [2.05, 4.69) is 10.1 Å². The van der Waals surface area contributed by atoms with Gasteiger partial charge in [-0.1, -0.05) is 11.2 Å². The smallest absolute Gasteiger partial charge is 0.352 e. The molecule has 1 atom stereocenters. The molecule has 5 N–H and O–H groups in total. The standard InChI is InChI=1S/C13H10N3O6S/c14-13-15-8(5-23-13)7(4-17)16-22-11(12(20)21)6-1-2-9(18)10(19)3-6/h1-3,5,11,18-19H,(H2,14,15)(H,20,21). The van der Waals surface area contributed by atoms with Crippen molar-refractivity contribution in [1.29, 1.82) is 0 Å². The maximum Gasteiger partial charge on any atom is 0.352 e. The fourth-order valence-corrected chi connectivity index (χ4v) is 2.12. The number of aromatic nitrogens is 1. The number of carbonyl (C=O) groups excluding carboxylic acids is 1. The average Bonchev–Trinajstić information content (AvgIpc) is 2.93. The summed E-state index contributed by atoms with van der Waals surface area (Å²) >= 11 is 1.06. The molecule has 2 aromatic rings. The van der Waals surface area contributed by atoms with Crippen LogP contribution in [-0.4, -0.2) is 38.3 Å². The molecule has 0 spiro atoms. The zero-order chi connectivity index (χ0) is 17.0. The van der Waals surface area contributed by atoms with Gasteiger partial charge in [-0.25, -0.2) is 9.78 Å². The summed E-state index contributed by atoms with van der Waals surface area (Å²) in [5, 5.41) is 32.9. The Bertz CT molecular complexity index is 773. The molecule has 0 saturated heterocycles. The molecule has 23 heavy (non-hydrogen) atoms. The largest absolute Gasteiger partial charge is 0.504 e. The highest BCUT2D eigenvalue weighted by Crippen LogP contribution is 2.29. The highest BCUT2D eigenvalue weighted by atomic mass is 32.1. The number of nitrogens with two attached hydrogens (primary N) is 1. The van der Waals surface area contributed by atoms with Gasteiger partial charge >= 0.3 is 5.97 Å². The molecule has 10 heteroatoms. The quantitative estimate of drug-likeness (QED) is 0.343. The number of phenolic OH excluding ortho intramolecular Hbond substituents is 2. The summed E-state index contributed by atoms with van der Waals surface area (Å²) in [6, 6.07) is 3.34. The normalized spacial score (nSPS) is 12.6. The summed E-state index contributed by atoms with van der Waals surface area (Å²) in [7, 11) is 0. The molecule has 0 aliphatic rings. The molecule has 1 aromatic heterocycles. The number of thiazole rings is 1. The van der Waals surface area contributed by atoms with Gasteiger partial charge in [0.1, 0.15) is 5.69 Å². The van der Waals surface area contributed by atoms with Crippen LogP contribution in [0.15, 0.2) is 28.7 Å². The molecular weight excluding hydrogens is 326 g/mol. The Kier molecular flexibility index (Phi) is 4.76. The van der Waals surface area contributed by atoms with Crippen LogP contribution in [0.25, 0.3) is 0 Å². The summed E-state index contributed by atoms with van der Waals surface area (Å²) in [6.07, 6.45) is -0.131. The molecule has 2 rings (SSSR count). The van der Waals surface area contributed by atoms with Crippen LogP contribution < -0.4 is 5.73 Å². The molecule has 1 aromatic carbocycles. The molecule has 0 amide bonds. The van der Waals surface area contributed by atoms with Crippen LogP contribution in [0.1, 0.15) is 17.4 Å². The first-order valence-electron chi connectivity index (χ1n) is 6.00. The third-order valence-electron chi connectivity index (χ3n) is 2.64. The summed E-state index contributed by atoms with van der Waals surface area (Å²) < 4.78 is 0. The zero-order valence-corrected chi connectivity index (χ0v) is 12.1. The lowest BCUT2D eigenvalue weighted by Gasteiger charge is -2.11. The van der Waals surface area contributed by atoms with E-state index in [0.29, 0.717) is 0 Å². The number of hydrogen-bond donors (Lipinski definition) is 4. The van der Waals surface area contributed by atoms with Crippen molar-refractivity contribution < 1.29 is 29.7 Å². The number of phenols is 2. The van der Waals surface area contributed by atoms with Crippen LogP contribution in [0.5, 0.6) is 11.5 Å². The van der Waals surface area contributed by atoms with Crippen molar-refractivity contribution in [1.82, 2.24) is 4.98 Å². The van der Waals surface area contributed by atoms with Crippen molar-refractivity contribution in [2.24, 2.45) is 5.16 Å². The van der Waals surface area contributed by atoms with E-state index in [4.69, 9.17) is 10.6 Å². The van der Waals surface area contributed by atoms with Gasteiger partial charge in [-0.05, 0) is 12.1 Å². The molecule has 0 aliphatic heterocycles. The van der Waals surface area contributed by atoms with Crippen molar-refractivity contribution in [3.8, 4) is 11.5 Å². The first-order chi connectivity index (χ1) is 10.9. The second kappa shape index (κ2) is 6.75. The Morgan fingerprint density at radius 1 is 1.39 bits per heavy atom. The van der Waals surface area contributed by atoms with E-state index >= 15 is 0 Å². The van der Waals surface area contributed by atoms with E-state index in [1.165, 1.54) is 17.7 Å². The second-order valence-electron chi connectivity index (χ2n) is 4.18. The SMILES string of the molecule is Nc1nc(C([C]=O)=NOC(C(=O)O)c2ccc(O)c(O)c2)cs1. The van der Waals surface area contributed by atoms with Crippen LogP contribution in [0.4, 0.5) is 5.13 Å². The van der Waals surface area contributed by atoms with Crippen LogP contribution in [0.3, 0.4) is 0 Å². The fourth-order valence-electron chi connectivity index (χ4n) is 1.57. The van der Waals surface area contributed by atoms with Gasteiger partial charge in [-0.2, -0.15) is 0 Å². The number of benzene rings is 1. The molecule has 1 heterocycles. The number of carbonyl (C=O) groups is 1. The molecule has 9 nitrogen and oxygen atoms in total. The van der Waals surface area contributed by atoms with Crippen molar-refractivity contribution in [2.45, 2.75) is 6.10 Å². The number of carboxylic acid groups (broad SMARTS) is 1. The predicted octanol–water partition coefficient (Wildman–Crippen LogP) is 0.793. The van der Waals surface area contributed by atoms with E-state index in [1.54, 1.807) is 0 Å². The second-order valence-corrected chi connectivity index (χ2v) is 5.07. The number of nitrogens with zero attached hydrogens (tertiary/aromatic N) is 2. The van der Waals surface area contributed by atoms with Gasteiger partial charge in [0.2, 0.25) is 6.10 Å². The van der Waals surface area contributed by atoms with Crippen LogP contribution in [0.2, 0.25) is 0 Å². The third kappa shape index (κ3) is 3.74. The molecule has 119 valence electrons. The number of aromatic hydroxyl groups is 2. The van der Waals surface area contributed by atoms with Gasteiger partial charge in [-0.3, -0.25) is 4.79 Å². The lowest BCUT2D eigenvalue weighted by Crippen LogP contribution is -2.15. The van der Waals surface area contributed by atoms with Crippen LogP contribution in [0, 0.1) is 0 Å². The van der Waals surface area contributed by atoms with Gasteiger partial charge in [0.05, 0.1) is 0 Å². The first-order valence-corrected chi connectivity index (χ1v) is 6.88. The fraction of sp³-hybridized carbons (Fsp3) is 0.0769. The Labute approximate surface area is 133 Å². The summed E-state index contributed by atoms with van der Waals surface area (Å²) in [5.74, 6) is -2.35. The third-order valence-corrected chi connectivity index (χ3v) is 3.31. The molecule has 1 unspecified atom stereocenters. The van der Waals surface area contributed by atoms with Crippen molar-refractivity contribution in [3.05, 3.63) is 34.8 Å². The molecule has 0 aliphatic carbocycles. The number of rotatable bonds is 6. The lowest BCUT2D eigenvalue weighted by atomic mass is 10.1. The molecular formula is C13H10N3O6S. The highest BCUT2D eigenvalue weighted by Gasteiger charge is 2.24. The molecule has 0 fully saturated rings. The van der Waals surface area contributed by atoms with Gasteiger partial charge in [0.15, 0.2) is 22.3 Å². The molecule has 0 saturated carbocycles. The van der Waals surface area contributed by atoms with E-state index in [-0.39, 0.29) is 22.1 Å². The van der Waals surface area contributed by atoms with Crippen molar-refractivity contribution >= 4 is 34.4 Å². The maximum atomic E-state index is 11.3. The van der Waals surface area contributed by atoms with Gasteiger partial charge < -0.3 is 25.9 Å². The predicted molar refractivity (Wildman–Crippen MR) is 80.0 cm³/mol. The minimum absolute atomic E-state index is 0.0135. The number of hydrogen-bond acceptors (Lipinski definition) is 9. The summed E-state index contributed by atoms with van der Waals surface area (Å²) in [6.45, 7) is 0. The summed E-state index contributed by atoms with van der Waals surface area (Å²) in [5.41, 5.74) is 5.19. The number of anilines is 1. The molecule has 0 bridgehead atoms. The lowest BCUT2D eigenvalue weighted by molar-refractivity contribution is -0.150. The van der Waals surface area contributed by atoms with Gasteiger partial charge in [0.25, 0.3) is 6.29 Å². The van der Waals surface area contributed by atoms with E-state index in [9.17, 15) is 24.9 Å². The van der Waals surface area contributed by atoms with Crippen LogP contribution >= 0.6 is 11.3 Å². The highest BCUT2D eigenvalue weighted by molar-refractivity contribution is 7.13. The number of aliphatic carboxylic acids is 1. The maximum absolute atomic E-state index is 11.3. The van der Waals surface area contributed by atoms with Gasteiger partial charge in [-0.15, -0.1) is 11.3 Å². The number of oxime groups is 1. The first kappa shape index (κ1) is 16.2. The number of nitrogen functional groups attached to an aromatic ring is 1. The van der Waals surface area contributed by atoms with Crippen molar-refractivity contribution in [2.75, 3.05) is 5.73 Å². The van der Waals surface area contributed by atoms with Crippen molar-refractivity contribution in [3.63, 3.8) is 0 Å². The Balaban J connectivity index is 2.28. The topological polar surface area (TPSA) is 155 Å². The summed E-state index contributed by atoms with van der Waals surface area (Å²) in [4.78, 5) is 30.8. The minimum Gasteiger partial charge on any atom is -0.504 e. The van der Waals surface area contributed by atoms with E-state index in [0.717, 1.165) is 23.5 Å². The minimum atomic E-state index is -1.61.